The van der Waals surface area contributed by atoms with E-state index < -0.39 is 0 Å². The maximum absolute atomic E-state index is 11.2. The number of hydrogen-bond donors (Lipinski definition) is 0. The molecule has 0 saturated carbocycles. The van der Waals surface area contributed by atoms with Gasteiger partial charge in [-0.25, -0.2) is 0 Å². The zero-order valence-corrected chi connectivity index (χ0v) is 10.4. The topological polar surface area (TPSA) is 47.3 Å². The molecule has 0 aliphatic carbocycles. The summed E-state index contributed by atoms with van der Waals surface area (Å²) in [5.41, 5.74) is 0. The van der Waals surface area contributed by atoms with E-state index in [-0.39, 0.29) is 5.91 Å². The standard InChI is InChI=1S/C10H18N2O.C2H3N/c1-4-10(13)12-7-5-11(6-8-12)9(2)3;1-2-3/h4,9H,1,5-8H2,2-3H3;1H3. The molecule has 90 valence electrons. The fourth-order valence-corrected chi connectivity index (χ4v) is 1.59. The highest BCUT2D eigenvalue weighted by atomic mass is 16.2. The van der Waals surface area contributed by atoms with Gasteiger partial charge in [-0.2, -0.15) is 5.26 Å². The van der Waals surface area contributed by atoms with E-state index in [1.165, 1.54) is 13.0 Å². The lowest BCUT2D eigenvalue weighted by Gasteiger charge is -2.36. The SMILES string of the molecule is C=CC(=O)N1CCN(C(C)C)CC1.CC#N. The summed E-state index contributed by atoms with van der Waals surface area (Å²) in [5.74, 6) is 0.0587. The Morgan fingerprint density at radius 1 is 1.38 bits per heavy atom. The molecule has 0 unspecified atom stereocenters. The molecule has 0 spiro atoms. The van der Waals surface area contributed by atoms with E-state index in [1.54, 1.807) is 6.07 Å². The number of piperazine rings is 1. The van der Waals surface area contributed by atoms with Crippen LogP contribution >= 0.6 is 0 Å². The van der Waals surface area contributed by atoms with Gasteiger partial charge in [0.1, 0.15) is 0 Å². The predicted molar refractivity (Wildman–Crippen MR) is 64.8 cm³/mol. The predicted octanol–water partition coefficient (Wildman–Crippen LogP) is 1.25. The third-order valence-corrected chi connectivity index (χ3v) is 2.53. The van der Waals surface area contributed by atoms with Gasteiger partial charge < -0.3 is 4.90 Å². The molecule has 1 heterocycles. The van der Waals surface area contributed by atoms with Gasteiger partial charge in [-0.1, -0.05) is 6.58 Å². The minimum atomic E-state index is 0.0587. The number of nitrogens with zero attached hydrogens (tertiary/aromatic N) is 3. The number of carbonyl (C=O) groups is 1. The van der Waals surface area contributed by atoms with Crippen molar-refractivity contribution < 1.29 is 4.79 Å². The van der Waals surface area contributed by atoms with E-state index in [0.29, 0.717) is 6.04 Å². The van der Waals surface area contributed by atoms with Crippen LogP contribution in [0.1, 0.15) is 20.8 Å². The van der Waals surface area contributed by atoms with Gasteiger partial charge in [0.2, 0.25) is 5.91 Å². The van der Waals surface area contributed by atoms with Crippen LogP contribution in [0.4, 0.5) is 0 Å². The molecule has 1 rings (SSSR count). The van der Waals surface area contributed by atoms with Gasteiger partial charge >= 0.3 is 0 Å². The first-order chi connectivity index (χ1) is 7.56. The molecule has 1 aliphatic heterocycles. The Kier molecular flexibility index (Phi) is 7.23. The minimum Gasteiger partial charge on any atom is -0.337 e. The number of amides is 1. The highest BCUT2D eigenvalue weighted by Crippen LogP contribution is 2.05. The van der Waals surface area contributed by atoms with Crippen LogP contribution in [0.25, 0.3) is 0 Å². The molecule has 1 amide bonds. The maximum Gasteiger partial charge on any atom is 0.246 e. The van der Waals surface area contributed by atoms with Crippen molar-refractivity contribution in [2.24, 2.45) is 0 Å². The van der Waals surface area contributed by atoms with Crippen LogP contribution in [0.15, 0.2) is 12.7 Å². The van der Waals surface area contributed by atoms with Crippen molar-refractivity contribution in [3.05, 3.63) is 12.7 Å². The Morgan fingerprint density at radius 3 is 2.12 bits per heavy atom. The van der Waals surface area contributed by atoms with Crippen molar-refractivity contribution in [3.8, 4) is 6.07 Å². The van der Waals surface area contributed by atoms with Crippen molar-refractivity contribution in [2.75, 3.05) is 26.2 Å². The Labute approximate surface area is 98.1 Å². The monoisotopic (exact) mass is 223 g/mol. The summed E-state index contributed by atoms with van der Waals surface area (Å²) in [6.07, 6.45) is 1.39. The number of carbonyl (C=O) groups excluding carboxylic acids is 1. The molecule has 4 nitrogen and oxygen atoms in total. The first-order valence-electron chi connectivity index (χ1n) is 5.53. The van der Waals surface area contributed by atoms with Crippen LogP contribution in [0.2, 0.25) is 0 Å². The van der Waals surface area contributed by atoms with Crippen molar-refractivity contribution >= 4 is 5.91 Å². The van der Waals surface area contributed by atoms with E-state index >= 15 is 0 Å². The van der Waals surface area contributed by atoms with Crippen LogP contribution in [0, 0.1) is 11.3 Å². The van der Waals surface area contributed by atoms with E-state index in [2.05, 4.69) is 25.3 Å². The van der Waals surface area contributed by atoms with Gasteiger partial charge in [-0.3, -0.25) is 9.69 Å². The van der Waals surface area contributed by atoms with Gasteiger partial charge in [0.05, 0.1) is 6.07 Å². The summed E-state index contributed by atoms with van der Waals surface area (Å²) >= 11 is 0. The molecule has 0 radical (unpaired) electrons. The lowest BCUT2D eigenvalue weighted by atomic mass is 10.2. The summed E-state index contributed by atoms with van der Waals surface area (Å²) in [6, 6.07) is 2.33. The molecule has 4 heteroatoms. The largest absolute Gasteiger partial charge is 0.337 e. The molecule has 0 aromatic carbocycles. The average molecular weight is 223 g/mol. The number of nitriles is 1. The third-order valence-electron chi connectivity index (χ3n) is 2.53. The molecular weight excluding hydrogens is 202 g/mol. The van der Waals surface area contributed by atoms with E-state index in [9.17, 15) is 4.79 Å². The molecule has 1 fully saturated rings. The normalized spacial score (nSPS) is 16.1. The van der Waals surface area contributed by atoms with Crippen molar-refractivity contribution in [2.45, 2.75) is 26.8 Å². The lowest BCUT2D eigenvalue weighted by Crippen LogP contribution is -2.50. The summed E-state index contributed by atoms with van der Waals surface area (Å²) < 4.78 is 0. The fraction of sp³-hybridized carbons (Fsp3) is 0.667. The van der Waals surface area contributed by atoms with E-state index in [4.69, 9.17) is 5.26 Å². The Balaban J connectivity index is 0.000000673. The molecule has 1 saturated heterocycles. The van der Waals surface area contributed by atoms with Crippen LogP contribution in [0.3, 0.4) is 0 Å². The molecule has 16 heavy (non-hydrogen) atoms. The quantitative estimate of drug-likeness (QED) is 0.662. The first kappa shape index (κ1) is 14.7. The molecular formula is C12H21N3O. The van der Waals surface area contributed by atoms with Crippen molar-refractivity contribution in [3.63, 3.8) is 0 Å². The van der Waals surface area contributed by atoms with Gasteiger partial charge in [0.15, 0.2) is 0 Å². The van der Waals surface area contributed by atoms with Gasteiger partial charge in [-0.05, 0) is 19.9 Å². The average Bonchev–Trinajstić information content (AvgIpc) is 2.29. The second-order valence-corrected chi connectivity index (χ2v) is 3.88. The van der Waals surface area contributed by atoms with Crippen LogP contribution < -0.4 is 0 Å². The molecule has 0 atom stereocenters. The first-order valence-corrected chi connectivity index (χ1v) is 5.53. The summed E-state index contributed by atoms with van der Waals surface area (Å²) in [7, 11) is 0. The Hall–Kier alpha value is -1.34. The summed E-state index contributed by atoms with van der Waals surface area (Å²) in [6.45, 7) is 12.9. The Bertz CT molecular complexity index is 260. The number of hydrogen-bond acceptors (Lipinski definition) is 3. The van der Waals surface area contributed by atoms with Crippen LogP contribution in [-0.4, -0.2) is 47.9 Å². The van der Waals surface area contributed by atoms with Crippen molar-refractivity contribution in [1.29, 1.82) is 5.26 Å². The smallest absolute Gasteiger partial charge is 0.246 e. The van der Waals surface area contributed by atoms with Crippen LogP contribution in [0.5, 0.6) is 0 Å². The summed E-state index contributed by atoms with van der Waals surface area (Å²) in [4.78, 5) is 15.5. The number of rotatable bonds is 2. The zero-order chi connectivity index (χ0) is 12.6. The minimum absolute atomic E-state index is 0.0587. The highest BCUT2D eigenvalue weighted by molar-refractivity contribution is 5.87. The molecule has 0 N–H and O–H groups in total. The highest BCUT2D eigenvalue weighted by Gasteiger charge is 2.20. The van der Waals surface area contributed by atoms with Gasteiger partial charge in [-0.15, -0.1) is 0 Å². The Morgan fingerprint density at radius 2 is 1.81 bits per heavy atom. The zero-order valence-electron chi connectivity index (χ0n) is 10.4. The molecule has 0 aromatic heterocycles. The van der Waals surface area contributed by atoms with Gasteiger partial charge in [0, 0.05) is 39.1 Å². The summed E-state index contributed by atoms with van der Waals surface area (Å²) in [5, 5.41) is 7.32. The third kappa shape index (κ3) is 4.94. The lowest BCUT2D eigenvalue weighted by molar-refractivity contribution is -0.127. The molecule has 1 aliphatic rings. The molecule has 0 bridgehead atoms. The van der Waals surface area contributed by atoms with Crippen molar-refractivity contribution in [1.82, 2.24) is 9.80 Å². The fourth-order valence-electron chi connectivity index (χ4n) is 1.59. The van der Waals surface area contributed by atoms with Gasteiger partial charge in [0.25, 0.3) is 0 Å². The second-order valence-electron chi connectivity index (χ2n) is 3.88. The molecule has 0 aromatic rings. The maximum atomic E-state index is 11.2. The van der Waals surface area contributed by atoms with E-state index in [0.717, 1.165) is 26.2 Å². The van der Waals surface area contributed by atoms with E-state index in [1.807, 2.05) is 4.90 Å². The second kappa shape index (κ2) is 7.89. The van der Waals surface area contributed by atoms with Crippen LogP contribution in [-0.2, 0) is 4.79 Å².